The second-order valence-corrected chi connectivity index (χ2v) is 7.14. The summed E-state index contributed by atoms with van der Waals surface area (Å²) in [4.78, 5) is 24.5. The predicted octanol–water partition coefficient (Wildman–Crippen LogP) is 4.14. The van der Waals surface area contributed by atoms with Crippen LogP contribution in [0.5, 0.6) is 11.6 Å². The fourth-order valence-electron chi connectivity index (χ4n) is 3.27. The van der Waals surface area contributed by atoms with Crippen molar-refractivity contribution < 1.29 is 31.9 Å². The number of nitrogens with one attached hydrogen (secondary N) is 1. The zero-order valence-electron chi connectivity index (χ0n) is 16.6. The molecule has 0 aliphatic carbocycles. The van der Waals surface area contributed by atoms with Crippen LogP contribution in [0, 0.1) is 0 Å². The number of fused-ring (bicyclic) bond motifs is 1. The van der Waals surface area contributed by atoms with E-state index in [1.54, 1.807) is 11.0 Å². The number of halogens is 4. The number of amides is 2. The smallest absolute Gasteiger partial charge is 0.478 e. The standard InChI is InChI=1S/C19H17ClF3N5O4/c1-30-17-15(24-13-10-14(20)31-16(13)26-17)25-18(29)28-7-5-27(6-8-28)11-3-2-4-12(9-11)32-19(21,22)23/h2-4,9-10H,5-8H2,1H3,(H,24,25,29). The maximum absolute atomic E-state index is 12.7. The molecule has 0 saturated carbocycles. The summed E-state index contributed by atoms with van der Waals surface area (Å²) in [5.74, 6) is -0.116. The molecule has 0 spiro atoms. The zero-order chi connectivity index (χ0) is 22.9. The Morgan fingerprint density at radius 1 is 1.19 bits per heavy atom. The number of carbonyl (C=O) groups is 1. The van der Waals surface area contributed by atoms with Crippen molar-refractivity contribution in [3.63, 3.8) is 0 Å². The third kappa shape index (κ3) is 4.90. The fourth-order valence-corrected chi connectivity index (χ4v) is 3.44. The van der Waals surface area contributed by atoms with Crippen LogP contribution in [0.25, 0.3) is 11.2 Å². The maximum Gasteiger partial charge on any atom is 0.573 e. The second-order valence-electron chi connectivity index (χ2n) is 6.77. The summed E-state index contributed by atoms with van der Waals surface area (Å²) in [6.07, 6.45) is -4.76. The zero-order valence-corrected chi connectivity index (χ0v) is 17.4. The van der Waals surface area contributed by atoms with E-state index in [9.17, 15) is 18.0 Å². The molecule has 0 unspecified atom stereocenters. The van der Waals surface area contributed by atoms with Gasteiger partial charge in [-0.1, -0.05) is 6.07 Å². The van der Waals surface area contributed by atoms with Crippen LogP contribution in [-0.2, 0) is 0 Å². The van der Waals surface area contributed by atoms with Gasteiger partial charge >= 0.3 is 12.4 Å². The van der Waals surface area contributed by atoms with Crippen molar-refractivity contribution in [1.82, 2.24) is 14.9 Å². The molecule has 1 aromatic carbocycles. The molecule has 1 saturated heterocycles. The predicted molar refractivity (Wildman–Crippen MR) is 109 cm³/mol. The summed E-state index contributed by atoms with van der Waals surface area (Å²) in [5, 5.41) is 2.77. The van der Waals surface area contributed by atoms with Crippen molar-refractivity contribution >= 4 is 40.4 Å². The van der Waals surface area contributed by atoms with Crippen LogP contribution >= 0.6 is 11.6 Å². The minimum Gasteiger partial charge on any atom is -0.478 e. The highest BCUT2D eigenvalue weighted by Crippen LogP contribution is 2.29. The number of urea groups is 1. The number of piperazine rings is 1. The van der Waals surface area contributed by atoms with Crippen molar-refractivity contribution in [2.24, 2.45) is 0 Å². The van der Waals surface area contributed by atoms with Crippen molar-refractivity contribution in [3.05, 3.63) is 35.6 Å². The van der Waals surface area contributed by atoms with Gasteiger partial charge in [0.25, 0.3) is 5.88 Å². The minimum atomic E-state index is -4.76. The van der Waals surface area contributed by atoms with E-state index in [1.807, 2.05) is 4.90 Å². The van der Waals surface area contributed by atoms with E-state index >= 15 is 0 Å². The van der Waals surface area contributed by atoms with Crippen molar-refractivity contribution in [2.75, 3.05) is 43.5 Å². The van der Waals surface area contributed by atoms with E-state index < -0.39 is 12.4 Å². The monoisotopic (exact) mass is 471 g/mol. The first-order valence-electron chi connectivity index (χ1n) is 9.39. The number of hydrogen-bond acceptors (Lipinski definition) is 7. The lowest BCUT2D eigenvalue weighted by atomic mass is 10.2. The molecule has 13 heteroatoms. The van der Waals surface area contributed by atoms with Gasteiger partial charge in [-0.3, -0.25) is 5.32 Å². The topological polar surface area (TPSA) is 93.0 Å². The third-order valence-corrected chi connectivity index (χ3v) is 4.89. The van der Waals surface area contributed by atoms with Crippen molar-refractivity contribution in [3.8, 4) is 11.6 Å². The highest BCUT2D eigenvalue weighted by Gasteiger charge is 2.31. The van der Waals surface area contributed by atoms with E-state index in [0.717, 1.165) is 0 Å². The molecule has 1 aliphatic rings. The number of aromatic nitrogens is 2. The van der Waals surface area contributed by atoms with E-state index in [0.29, 0.717) is 37.4 Å². The SMILES string of the molecule is COc1nc2oc(Cl)cc2nc1NC(=O)N1CCN(c2cccc(OC(F)(F)F)c2)CC1. The first-order valence-corrected chi connectivity index (χ1v) is 9.77. The summed E-state index contributed by atoms with van der Waals surface area (Å²) < 4.78 is 51.7. The summed E-state index contributed by atoms with van der Waals surface area (Å²) in [6.45, 7) is 1.52. The highest BCUT2D eigenvalue weighted by molar-refractivity contribution is 6.29. The number of ether oxygens (including phenoxy) is 2. The normalized spacial score (nSPS) is 14.5. The lowest BCUT2D eigenvalue weighted by Crippen LogP contribution is -2.50. The second kappa shape index (κ2) is 8.61. The molecule has 0 bridgehead atoms. The molecule has 3 aromatic rings. The van der Waals surface area contributed by atoms with E-state index in [2.05, 4.69) is 20.0 Å². The number of carbonyl (C=O) groups excluding carboxylic acids is 1. The lowest BCUT2D eigenvalue weighted by molar-refractivity contribution is -0.274. The number of furan rings is 1. The van der Waals surface area contributed by atoms with Gasteiger partial charge in [0.1, 0.15) is 11.3 Å². The fraction of sp³-hybridized carbons (Fsp3) is 0.316. The van der Waals surface area contributed by atoms with Crippen molar-refractivity contribution in [2.45, 2.75) is 6.36 Å². The number of nitrogens with zero attached hydrogens (tertiary/aromatic N) is 4. The number of methoxy groups -OCH3 is 1. The van der Waals surface area contributed by atoms with Gasteiger partial charge in [0.15, 0.2) is 11.0 Å². The van der Waals surface area contributed by atoms with E-state index in [1.165, 1.54) is 31.4 Å². The van der Waals surface area contributed by atoms with Gasteiger partial charge in [-0.05, 0) is 23.7 Å². The average Bonchev–Trinajstić information content (AvgIpc) is 3.11. The van der Waals surface area contributed by atoms with Crippen LogP contribution in [0.4, 0.5) is 29.5 Å². The number of benzene rings is 1. The Bertz CT molecular complexity index is 1130. The Morgan fingerprint density at radius 2 is 1.94 bits per heavy atom. The number of alkyl halides is 3. The molecule has 4 rings (SSSR count). The summed E-state index contributed by atoms with van der Waals surface area (Å²) in [5.41, 5.74) is 1.11. The molecule has 1 N–H and O–H groups in total. The van der Waals surface area contributed by atoms with Crippen LogP contribution < -0.4 is 19.7 Å². The van der Waals surface area contributed by atoms with Crippen LogP contribution in [-0.4, -0.2) is 60.6 Å². The summed E-state index contributed by atoms with van der Waals surface area (Å²) in [6, 6.07) is 6.77. The molecule has 0 atom stereocenters. The van der Waals surface area contributed by atoms with Gasteiger partial charge in [0.2, 0.25) is 5.71 Å². The molecule has 32 heavy (non-hydrogen) atoms. The van der Waals surface area contributed by atoms with Crippen molar-refractivity contribution in [1.29, 1.82) is 0 Å². The molecule has 1 fully saturated rings. The average molecular weight is 472 g/mol. The van der Waals surface area contributed by atoms with Gasteiger partial charge < -0.3 is 23.7 Å². The highest BCUT2D eigenvalue weighted by atomic mass is 35.5. The molecular weight excluding hydrogens is 455 g/mol. The number of hydrogen-bond donors (Lipinski definition) is 1. The molecule has 0 radical (unpaired) electrons. The lowest BCUT2D eigenvalue weighted by Gasteiger charge is -2.36. The van der Waals surface area contributed by atoms with Crippen LogP contribution in [0.3, 0.4) is 0 Å². The molecular formula is C19H17ClF3N5O4. The molecule has 2 aromatic heterocycles. The third-order valence-electron chi connectivity index (χ3n) is 4.70. The molecule has 9 nitrogen and oxygen atoms in total. The Kier molecular flexibility index (Phi) is 5.87. The van der Waals surface area contributed by atoms with Gasteiger partial charge in [0.05, 0.1) is 7.11 Å². The molecule has 3 heterocycles. The summed E-state index contributed by atoms with van der Waals surface area (Å²) >= 11 is 5.81. The Balaban J connectivity index is 1.40. The maximum atomic E-state index is 12.7. The van der Waals surface area contributed by atoms with Gasteiger partial charge in [-0.15, -0.1) is 13.2 Å². The van der Waals surface area contributed by atoms with E-state index in [4.69, 9.17) is 20.8 Å². The van der Waals surface area contributed by atoms with Gasteiger partial charge in [0, 0.05) is 44.0 Å². The van der Waals surface area contributed by atoms with Crippen LogP contribution in [0.1, 0.15) is 0 Å². The first kappa shape index (κ1) is 21.8. The Labute approximate surface area is 184 Å². The quantitative estimate of drug-likeness (QED) is 0.611. The van der Waals surface area contributed by atoms with Gasteiger partial charge in [-0.25, -0.2) is 9.78 Å². The minimum absolute atomic E-state index is 0.0667. The van der Waals surface area contributed by atoms with Crippen LogP contribution in [0.2, 0.25) is 5.22 Å². The summed E-state index contributed by atoms with van der Waals surface area (Å²) in [7, 11) is 1.38. The Hall–Kier alpha value is -3.41. The largest absolute Gasteiger partial charge is 0.573 e. The van der Waals surface area contributed by atoms with Crippen LogP contribution in [0.15, 0.2) is 34.7 Å². The number of rotatable bonds is 4. The molecule has 1 aliphatic heterocycles. The first-order chi connectivity index (χ1) is 15.2. The Morgan fingerprint density at radius 3 is 2.62 bits per heavy atom. The number of anilines is 2. The van der Waals surface area contributed by atoms with Gasteiger partial charge in [-0.2, -0.15) is 4.98 Å². The van der Waals surface area contributed by atoms with E-state index in [-0.39, 0.29) is 28.4 Å². The molecule has 2 amide bonds. The molecule has 170 valence electrons.